The van der Waals surface area contributed by atoms with Crippen molar-refractivity contribution in [1.29, 1.82) is 0 Å². The van der Waals surface area contributed by atoms with E-state index in [1.54, 1.807) is 0 Å². The number of nitrogens with zero attached hydrogens (tertiary/aromatic N) is 2. The molecule has 0 spiro atoms. The molecular weight excluding hydrogens is 346 g/mol. The fourth-order valence-electron chi connectivity index (χ4n) is 3.89. The highest BCUT2D eigenvalue weighted by Gasteiger charge is 2.14. The van der Waals surface area contributed by atoms with E-state index in [2.05, 4.69) is 73.3 Å². The van der Waals surface area contributed by atoms with Crippen LogP contribution in [-0.4, -0.2) is 37.0 Å². The molecule has 1 N–H and O–H groups in total. The maximum Gasteiger partial charge on any atom is 0.251 e. The number of carbonyl (C=O) groups excluding carboxylic acids is 1. The van der Waals surface area contributed by atoms with Crippen LogP contribution in [0.2, 0.25) is 0 Å². The van der Waals surface area contributed by atoms with Crippen molar-refractivity contribution in [2.24, 2.45) is 0 Å². The molecule has 0 unspecified atom stereocenters. The largest absolute Gasteiger partial charge is 0.374 e. The van der Waals surface area contributed by atoms with Crippen molar-refractivity contribution in [2.45, 2.75) is 52.7 Å². The second kappa shape index (κ2) is 9.24. The molecule has 1 heterocycles. The Bertz CT molecular complexity index is 798. The lowest BCUT2D eigenvalue weighted by atomic mass is 9.99. The molecule has 4 heteroatoms. The maximum absolute atomic E-state index is 12.5. The van der Waals surface area contributed by atoms with E-state index in [4.69, 9.17) is 0 Å². The van der Waals surface area contributed by atoms with Gasteiger partial charge < -0.3 is 10.2 Å². The van der Waals surface area contributed by atoms with Gasteiger partial charge in [-0.25, -0.2) is 0 Å². The third kappa shape index (κ3) is 4.93. The number of fused-ring (bicyclic) bond motifs is 1. The van der Waals surface area contributed by atoms with Crippen LogP contribution in [0.1, 0.15) is 54.2 Å². The first-order chi connectivity index (χ1) is 13.5. The Morgan fingerprint density at radius 1 is 1.14 bits per heavy atom. The van der Waals surface area contributed by atoms with Gasteiger partial charge in [0.25, 0.3) is 5.91 Å². The molecule has 2 aromatic carbocycles. The summed E-state index contributed by atoms with van der Waals surface area (Å²) >= 11 is 0. The molecule has 0 saturated carbocycles. The molecule has 0 radical (unpaired) electrons. The van der Waals surface area contributed by atoms with Gasteiger partial charge in [-0.05, 0) is 68.1 Å². The van der Waals surface area contributed by atoms with Crippen molar-refractivity contribution in [2.75, 3.05) is 25.0 Å². The Labute approximate surface area is 169 Å². The number of carbonyl (C=O) groups is 1. The molecule has 1 aliphatic heterocycles. The topological polar surface area (TPSA) is 35.6 Å². The molecule has 0 aromatic heterocycles. The summed E-state index contributed by atoms with van der Waals surface area (Å²) in [5, 5.41) is 3.06. The molecule has 0 fully saturated rings. The molecule has 1 amide bonds. The van der Waals surface area contributed by atoms with Crippen LogP contribution >= 0.6 is 0 Å². The minimum absolute atomic E-state index is 0.0161. The van der Waals surface area contributed by atoms with Crippen molar-refractivity contribution in [1.82, 2.24) is 10.2 Å². The highest BCUT2D eigenvalue weighted by molar-refractivity contribution is 5.94. The van der Waals surface area contributed by atoms with Gasteiger partial charge in [-0.2, -0.15) is 0 Å². The fourth-order valence-corrected chi connectivity index (χ4v) is 3.89. The lowest BCUT2D eigenvalue weighted by Gasteiger charge is -2.27. The average Bonchev–Trinajstić information content (AvgIpc) is 2.70. The Balaban J connectivity index is 1.58. The quantitative estimate of drug-likeness (QED) is 0.782. The van der Waals surface area contributed by atoms with Crippen molar-refractivity contribution in [3.8, 4) is 0 Å². The predicted octanol–water partition coefficient (Wildman–Crippen LogP) is 4.23. The van der Waals surface area contributed by atoms with Gasteiger partial charge in [0.1, 0.15) is 0 Å². The van der Waals surface area contributed by atoms with Gasteiger partial charge in [0.15, 0.2) is 0 Å². The normalized spacial score (nSPS) is 13.7. The third-order valence-electron chi connectivity index (χ3n) is 5.69. The minimum Gasteiger partial charge on any atom is -0.374 e. The number of anilines is 1. The van der Waals surface area contributed by atoms with Crippen LogP contribution in [0.15, 0.2) is 42.5 Å². The van der Waals surface area contributed by atoms with Gasteiger partial charge in [-0.3, -0.25) is 9.69 Å². The van der Waals surface area contributed by atoms with Crippen molar-refractivity contribution < 1.29 is 4.79 Å². The highest BCUT2D eigenvalue weighted by Crippen LogP contribution is 2.26. The van der Waals surface area contributed by atoms with Crippen LogP contribution in [0.5, 0.6) is 0 Å². The zero-order valence-electron chi connectivity index (χ0n) is 17.7. The van der Waals surface area contributed by atoms with E-state index in [0.717, 1.165) is 31.6 Å². The summed E-state index contributed by atoms with van der Waals surface area (Å²) in [6, 6.07) is 15.0. The second-order valence-corrected chi connectivity index (χ2v) is 8.02. The predicted molar refractivity (Wildman–Crippen MR) is 117 cm³/mol. The molecule has 1 aliphatic rings. The Kier molecular flexibility index (Phi) is 6.74. The highest BCUT2D eigenvalue weighted by atomic mass is 16.1. The van der Waals surface area contributed by atoms with Crippen molar-refractivity contribution in [3.05, 3.63) is 64.7 Å². The number of nitrogens with one attached hydrogen (secondary N) is 1. The summed E-state index contributed by atoms with van der Waals surface area (Å²) in [4.78, 5) is 17.2. The maximum atomic E-state index is 12.5. The number of rotatable bonds is 7. The zero-order valence-corrected chi connectivity index (χ0v) is 17.7. The van der Waals surface area contributed by atoms with Crippen LogP contribution in [0, 0.1) is 0 Å². The van der Waals surface area contributed by atoms with Gasteiger partial charge in [-0.1, -0.05) is 31.2 Å². The molecule has 3 rings (SSSR count). The van der Waals surface area contributed by atoms with E-state index in [9.17, 15) is 4.79 Å². The summed E-state index contributed by atoms with van der Waals surface area (Å²) < 4.78 is 0. The molecule has 0 saturated heterocycles. The average molecular weight is 380 g/mol. The third-order valence-corrected chi connectivity index (χ3v) is 5.69. The molecule has 150 valence electrons. The van der Waals surface area contributed by atoms with Crippen LogP contribution in [0.4, 0.5) is 5.69 Å². The Morgan fingerprint density at radius 2 is 1.86 bits per heavy atom. The van der Waals surface area contributed by atoms with Crippen molar-refractivity contribution in [3.63, 3.8) is 0 Å². The van der Waals surface area contributed by atoms with Crippen molar-refractivity contribution >= 4 is 11.6 Å². The van der Waals surface area contributed by atoms with E-state index >= 15 is 0 Å². The van der Waals surface area contributed by atoms with E-state index < -0.39 is 0 Å². The summed E-state index contributed by atoms with van der Waals surface area (Å²) in [5.41, 5.74) is 5.82. The van der Waals surface area contributed by atoms with E-state index in [1.165, 1.54) is 23.2 Å². The summed E-state index contributed by atoms with van der Waals surface area (Å²) in [6.45, 7) is 10.2. The van der Waals surface area contributed by atoms with Gasteiger partial charge >= 0.3 is 0 Å². The smallest absolute Gasteiger partial charge is 0.251 e. The van der Waals surface area contributed by atoms with Gasteiger partial charge in [0.2, 0.25) is 0 Å². The Morgan fingerprint density at radius 3 is 2.54 bits per heavy atom. The first kappa shape index (κ1) is 20.4. The first-order valence-corrected chi connectivity index (χ1v) is 10.4. The monoisotopic (exact) mass is 379 g/mol. The van der Waals surface area contributed by atoms with Crippen LogP contribution < -0.4 is 10.2 Å². The second-order valence-electron chi connectivity index (χ2n) is 8.02. The van der Waals surface area contributed by atoms with Crippen LogP contribution in [0.25, 0.3) is 0 Å². The number of amides is 1. The standard InChI is InChI=1S/C24H33N3O/c1-5-27(18(2)3)17-19-8-11-21(12-9-19)24(28)25-16-20-10-13-23-22(15-20)7-6-14-26(23)4/h8-13,15,18H,5-7,14,16-17H2,1-4H3,(H,25,28). The van der Waals surface area contributed by atoms with E-state index in [1.807, 2.05) is 12.1 Å². The van der Waals surface area contributed by atoms with E-state index in [-0.39, 0.29) is 5.91 Å². The Hall–Kier alpha value is -2.33. The number of hydrogen-bond donors (Lipinski definition) is 1. The number of hydrogen-bond acceptors (Lipinski definition) is 3. The molecule has 2 aromatic rings. The molecule has 28 heavy (non-hydrogen) atoms. The van der Waals surface area contributed by atoms with E-state index in [0.29, 0.717) is 18.2 Å². The molecule has 0 atom stereocenters. The number of aryl methyl sites for hydroxylation is 1. The molecule has 0 bridgehead atoms. The molecular formula is C24H33N3O. The lowest BCUT2D eigenvalue weighted by molar-refractivity contribution is 0.0951. The van der Waals surface area contributed by atoms with Crippen LogP contribution in [-0.2, 0) is 19.5 Å². The van der Waals surface area contributed by atoms with Crippen LogP contribution in [0.3, 0.4) is 0 Å². The lowest BCUT2D eigenvalue weighted by Crippen LogP contribution is -2.30. The minimum atomic E-state index is -0.0161. The summed E-state index contributed by atoms with van der Waals surface area (Å²) in [7, 11) is 2.14. The summed E-state index contributed by atoms with van der Waals surface area (Å²) in [5.74, 6) is -0.0161. The molecule has 0 aliphatic carbocycles. The fraction of sp³-hybridized carbons (Fsp3) is 0.458. The summed E-state index contributed by atoms with van der Waals surface area (Å²) in [6.07, 6.45) is 2.31. The van der Waals surface area contributed by atoms with Gasteiger partial charge in [0.05, 0.1) is 0 Å². The first-order valence-electron chi connectivity index (χ1n) is 10.4. The van der Waals surface area contributed by atoms with Gasteiger partial charge in [0, 0.05) is 44.0 Å². The molecule has 4 nitrogen and oxygen atoms in total. The SMILES string of the molecule is CCN(Cc1ccc(C(=O)NCc2ccc3c(c2)CCCN3C)cc1)C(C)C. The number of benzene rings is 2. The van der Waals surface area contributed by atoms with Gasteiger partial charge in [-0.15, -0.1) is 0 Å². The zero-order chi connectivity index (χ0) is 20.1.